The molecule has 7 heteroatoms. The molecule has 0 fully saturated rings. The molecule has 0 atom stereocenters. The molecule has 2 aromatic heterocycles. The van der Waals surface area contributed by atoms with Gasteiger partial charge in [-0.1, -0.05) is 25.9 Å². The fraction of sp³-hybridized carbons (Fsp3) is 0.538. The molecule has 0 aliphatic heterocycles. The van der Waals surface area contributed by atoms with Crippen molar-refractivity contribution in [2.24, 2.45) is 0 Å². The molecule has 0 aliphatic carbocycles. The van der Waals surface area contributed by atoms with Crippen molar-refractivity contribution in [3.05, 3.63) is 23.6 Å². The quantitative estimate of drug-likeness (QED) is 0.876. The highest BCUT2D eigenvalue weighted by Crippen LogP contribution is 2.21. The minimum absolute atomic E-state index is 0.143. The van der Waals surface area contributed by atoms with Crippen LogP contribution in [0.5, 0.6) is 0 Å². The molecule has 20 heavy (non-hydrogen) atoms. The Bertz CT molecular complexity index is 587. The second-order valence-electron chi connectivity index (χ2n) is 5.66. The van der Waals surface area contributed by atoms with E-state index in [-0.39, 0.29) is 5.41 Å². The topological polar surface area (TPSA) is 103 Å². The Kier molecular flexibility index (Phi) is 3.87. The molecule has 0 aromatic carbocycles. The summed E-state index contributed by atoms with van der Waals surface area (Å²) in [4.78, 5) is 12.9. The largest absolute Gasteiger partial charge is 0.384 e. The lowest BCUT2D eigenvalue weighted by Crippen LogP contribution is -2.18. The third-order valence-corrected chi connectivity index (χ3v) is 2.63. The third kappa shape index (κ3) is 3.66. The monoisotopic (exact) mass is 276 g/mol. The van der Waals surface area contributed by atoms with Gasteiger partial charge in [0.25, 0.3) is 0 Å². The predicted octanol–water partition coefficient (Wildman–Crippen LogP) is 1.70. The summed E-state index contributed by atoms with van der Waals surface area (Å²) < 4.78 is 5.05. The van der Waals surface area contributed by atoms with Crippen LogP contribution in [0.15, 0.2) is 10.6 Å². The van der Waals surface area contributed by atoms with E-state index in [4.69, 9.17) is 10.3 Å². The molecular formula is C13H20N6O. The van der Waals surface area contributed by atoms with Gasteiger partial charge in [0, 0.05) is 24.4 Å². The number of rotatable bonds is 4. The van der Waals surface area contributed by atoms with Crippen LogP contribution >= 0.6 is 0 Å². The summed E-state index contributed by atoms with van der Waals surface area (Å²) in [6, 6.07) is 1.72. The van der Waals surface area contributed by atoms with Crippen molar-refractivity contribution in [2.45, 2.75) is 39.5 Å². The standard InChI is InChI=1S/C13H20N6O/c1-8-16-11(20-19-8)5-6-15-10-7-9(14)17-12(18-10)13(2,3)4/h7H,5-6H2,1-4H3,(H3,14,15,17,18). The van der Waals surface area contributed by atoms with Crippen molar-refractivity contribution in [3.63, 3.8) is 0 Å². The molecule has 0 bridgehead atoms. The average molecular weight is 276 g/mol. The molecule has 0 aliphatic rings. The van der Waals surface area contributed by atoms with Gasteiger partial charge in [-0.15, -0.1) is 0 Å². The summed E-state index contributed by atoms with van der Waals surface area (Å²) in [6.07, 6.45) is 0.635. The van der Waals surface area contributed by atoms with Gasteiger partial charge in [0.15, 0.2) is 5.82 Å². The zero-order chi connectivity index (χ0) is 14.8. The Labute approximate surface area is 118 Å². The average Bonchev–Trinajstić information content (AvgIpc) is 2.73. The maximum absolute atomic E-state index is 5.81. The van der Waals surface area contributed by atoms with Crippen LogP contribution in [0.2, 0.25) is 0 Å². The van der Waals surface area contributed by atoms with Gasteiger partial charge in [0.05, 0.1) is 0 Å². The Balaban J connectivity index is 2.00. The van der Waals surface area contributed by atoms with Crippen molar-refractivity contribution in [2.75, 3.05) is 17.6 Å². The summed E-state index contributed by atoms with van der Waals surface area (Å²) in [7, 11) is 0. The van der Waals surface area contributed by atoms with E-state index in [1.54, 1.807) is 13.0 Å². The van der Waals surface area contributed by atoms with Gasteiger partial charge in [-0.25, -0.2) is 9.97 Å². The van der Waals surface area contributed by atoms with Crippen LogP contribution in [-0.2, 0) is 11.8 Å². The molecule has 0 saturated heterocycles. The summed E-state index contributed by atoms with van der Waals surface area (Å²) in [5.74, 6) is 3.13. The minimum Gasteiger partial charge on any atom is -0.384 e. The van der Waals surface area contributed by atoms with Crippen LogP contribution < -0.4 is 11.1 Å². The first kappa shape index (κ1) is 14.2. The molecule has 7 nitrogen and oxygen atoms in total. The van der Waals surface area contributed by atoms with E-state index in [9.17, 15) is 0 Å². The lowest BCUT2D eigenvalue weighted by atomic mass is 9.96. The number of hydrogen-bond acceptors (Lipinski definition) is 7. The SMILES string of the molecule is Cc1noc(CCNc2cc(N)nc(C(C)(C)C)n2)n1. The summed E-state index contributed by atoms with van der Waals surface area (Å²) in [5, 5.41) is 6.94. The predicted molar refractivity (Wildman–Crippen MR) is 76.4 cm³/mol. The van der Waals surface area contributed by atoms with Gasteiger partial charge in [0.2, 0.25) is 5.89 Å². The van der Waals surface area contributed by atoms with Gasteiger partial charge in [-0.3, -0.25) is 0 Å². The summed E-state index contributed by atoms with van der Waals surface area (Å²) >= 11 is 0. The first-order valence-electron chi connectivity index (χ1n) is 6.53. The van der Waals surface area contributed by atoms with E-state index in [1.165, 1.54) is 0 Å². The fourth-order valence-electron chi connectivity index (χ4n) is 1.63. The van der Waals surface area contributed by atoms with Gasteiger partial charge in [0.1, 0.15) is 17.5 Å². The van der Waals surface area contributed by atoms with Gasteiger partial charge >= 0.3 is 0 Å². The number of nitrogens with two attached hydrogens (primary N) is 1. The van der Waals surface area contributed by atoms with Crippen molar-refractivity contribution in [1.82, 2.24) is 20.1 Å². The second-order valence-corrected chi connectivity index (χ2v) is 5.66. The molecule has 0 saturated carbocycles. The third-order valence-electron chi connectivity index (χ3n) is 2.63. The van der Waals surface area contributed by atoms with Gasteiger partial charge in [-0.2, -0.15) is 4.98 Å². The first-order chi connectivity index (χ1) is 9.34. The highest BCUT2D eigenvalue weighted by Gasteiger charge is 2.18. The number of aromatic nitrogens is 4. The molecule has 3 N–H and O–H groups in total. The number of anilines is 2. The maximum Gasteiger partial charge on any atom is 0.228 e. The van der Waals surface area contributed by atoms with Crippen LogP contribution in [-0.4, -0.2) is 26.7 Å². The van der Waals surface area contributed by atoms with Crippen LogP contribution in [0.3, 0.4) is 0 Å². The molecule has 2 heterocycles. The zero-order valence-electron chi connectivity index (χ0n) is 12.3. The highest BCUT2D eigenvalue weighted by molar-refractivity contribution is 5.45. The molecular weight excluding hydrogens is 256 g/mol. The van der Waals surface area contributed by atoms with Gasteiger partial charge < -0.3 is 15.6 Å². The Morgan fingerprint density at radius 3 is 2.60 bits per heavy atom. The Morgan fingerprint density at radius 1 is 1.25 bits per heavy atom. The second kappa shape index (κ2) is 5.44. The number of aryl methyl sites for hydroxylation is 1. The van der Waals surface area contributed by atoms with Gasteiger partial charge in [-0.05, 0) is 6.92 Å². The van der Waals surface area contributed by atoms with Crippen molar-refractivity contribution >= 4 is 11.6 Å². The van der Waals surface area contributed by atoms with Crippen molar-refractivity contribution < 1.29 is 4.52 Å². The zero-order valence-corrected chi connectivity index (χ0v) is 12.3. The van der Waals surface area contributed by atoms with E-state index in [1.807, 2.05) is 20.8 Å². The molecule has 0 amide bonds. The minimum atomic E-state index is -0.143. The Morgan fingerprint density at radius 2 is 2.00 bits per heavy atom. The smallest absolute Gasteiger partial charge is 0.228 e. The van der Waals surface area contributed by atoms with Crippen LogP contribution in [0.1, 0.15) is 38.3 Å². The molecule has 0 unspecified atom stereocenters. The van der Waals surface area contributed by atoms with Crippen molar-refractivity contribution in [1.29, 1.82) is 0 Å². The first-order valence-corrected chi connectivity index (χ1v) is 6.53. The van der Waals surface area contributed by atoms with E-state index >= 15 is 0 Å². The van der Waals surface area contributed by atoms with E-state index in [0.29, 0.717) is 42.1 Å². The lowest BCUT2D eigenvalue weighted by molar-refractivity contribution is 0.377. The Hall–Kier alpha value is -2.18. The normalized spacial score (nSPS) is 11.6. The van der Waals surface area contributed by atoms with E-state index < -0.39 is 0 Å². The van der Waals surface area contributed by atoms with Crippen LogP contribution in [0.4, 0.5) is 11.6 Å². The highest BCUT2D eigenvalue weighted by atomic mass is 16.5. The molecule has 0 radical (unpaired) electrons. The van der Waals surface area contributed by atoms with E-state index in [2.05, 4.69) is 25.4 Å². The molecule has 108 valence electrons. The molecule has 2 rings (SSSR count). The molecule has 2 aromatic rings. The summed E-state index contributed by atoms with van der Waals surface area (Å²) in [6.45, 7) is 8.58. The van der Waals surface area contributed by atoms with Crippen LogP contribution in [0, 0.1) is 6.92 Å². The number of nitrogens with one attached hydrogen (secondary N) is 1. The maximum atomic E-state index is 5.81. The number of nitrogen functional groups attached to an aromatic ring is 1. The van der Waals surface area contributed by atoms with E-state index in [0.717, 1.165) is 0 Å². The fourth-order valence-corrected chi connectivity index (χ4v) is 1.63. The molecule has 0 spiro atoms. The number of nitrogens with zero attached hydrogens (tertiary/aromatic N) is 4. The van der Waals surface area contributed by atoms with Crippen molar-refractivity contribution in [3.8, 4) is 0 Å². The summed E-state index contributed by atoms with van der Waals surface area (Å²) in [5.41, 5.74) is 5.67. The lowest BCUT2D eigenvalue weighted by Gasteiger charge is -2.18. The number of hydrogen-bond donors (Lipinski definition) is 2. The van der Waals surface area contributed by atoms with Crippen LogP contribution in [0.25, 0.3) is 0 Å².